The molecule has 3 N–H and O–H groups in total. The molecule has 0 saturated carbocycles. The van der Waals surface area contributed by atoms with Crippen molar-refractivity contribution in [3.05, 3.63) is 65.2 Å². The second-order valence-electron chi connectivity index (χ2n) is 10.3. The molecule has 0 spiro atoms. The lowest BCUT2D eigenvalue weighted by molar-refractivity contribution is -0.116. The molecule has 1 saturated heterocycles. The topological polar surface area (TPSA) is 127 Å². The molecule has 0 atom stereocenters. The Balaban J connectivity index is 1.37. The number of amides is 2. The predicted molar refractivity (Wildman–Crippen MR) is 159 cm³/mol. The highest BCUT2D eigenvalue weighted by Gasteiger charge is 2.23. The number of pyridine rings is 1. The van der Waals surface area contributed by atoms with Crippen molar-refractivity contribution in [3.8, 4) is 11.3 Å². The molecule has 13 heteroatoms. The van der Waals surface area contributed by atoms with Crippen LogP contribution in [0.4, 0.5) is 26.4 Å². The van der Waals surface area contributed by atoms with E-state index < -0.39 is 11.9 Å². The maximum atomic E-state index is 14.7. The number of aromatic nitrogens is 3. The number of carboxylic acid groups (broad SMARTS) is 1. The molecule has 0 radical (unpaired) electrons. The van der Waals surface area contributed by atoms with Crippen molar-refractivity contribution in [1.82, 2.24) is 29.9 Å². The number of hydrogen-bond acceptors (Lipinski definition) is 8. The summed E-state index contributed by atoms with van der Waals surface area (Å²) in [6, 6.07) is 9.24. The maximum Gasteiger partial charge on any atom is 0.407 e. The largest absolute Gasteiger partial charge is 0.465 e. The SMILES string of the molecule is CN1CCN(CCC(=O)Nc2cc(Nc3cc(-c4cc(Cl)ccc4F)nnc3C3=CCCN(C(=O)O)C3)ccn2)CC1. The molecule has 3 aromatic rings. The normalized spacial score (nSPS) is 16.2. The summed E-state index contributed by atoms with van der Waals surface area (Å²) >= 11 is 6.12. The number of hydrogen-bond donors (Lipinski definition) is 3. The van der Waals surface area contributed by atoms with Crippen molar-refractivity contribution in [2.75, 3.05) is 63.5 Å². The van der Waals surface area contributed by atoms with E-state index in [1.807, 2.05) is 6.08 Å². The number of benzene rings is 1. The first-order valence-corrected chi connectivity index (χ1v) is 14.1. The molecular formula is C29H32ClFN8O3. The van der Waals surface area contributed by atoms with Crippen molar-refractivity contribution < 1.29 is 19.1 Å². The molecule has 4 heterocycles. The van der Waals surface area contributed by atoms with E-state index in [-0.39, 0.29) is 23.7 Å². The van der Waals surface area contributed by atoms with Crippen molar-refractivity contribution in [3.63, 3.8) is 0 Å². The van der Waals surface area contributed by atoms with Crippen LogP contribution < -0.4 is 10.6 Å². The summed E-state index contributed by atoms with van der Waals surface area (Å²) < 4.78 is 14.7. The van der Waals surface area contributed by atoms with E-state index in [0.717, 1.165) is 26.2 Å². The first-order chi connectivity index (χ1) is 20.2. The molecule has 0 bridgehead atoms. The third kappa shape index (κ3) is 7.38. The van der Waals surface area contributed by atoms with Crippen LogP contribution in [0.3, 0.4) is 0 Å². The van der Waals surface area contributed by atoms with Crippen LogP contribution >= 0.6 is 11.6 Å². The van der Waals surface area contributed by atoms with E-state index >= 15 is 0 Å². The van der Waals surface area contributed by atoms with Gasteiger partial charge in [0.05, 0.1) is 17.9 Å². The second kappa shape index (κ2) is 13.2. The van der Waals surface area contributed by atoms with E-state index in [1.165, 1.54) is 23.1 Å². The zero-order valence-corrected chi connectivity index (χ0v) is 23.9. The number of nitrogens with one attached hydrogen (secondary N) is 2. The number of nitrogens with zero attached hydrogens (tertiary/aromatic N) is 6. The van der Waals surface area contributed by atoms with Crippen molar-refractivity contribution in [2.24, 2.45) is 0 Å². The molecular weight excluding hydrogens is 563 g/mol. The Morgan fingerprint density at radius 1 is 1.07 bits per heavy atom. The number of carbonyl (C=O) groups is 2. The molecule has 1 fully saturated rings. The van der Waals surface area contributed by atoms with Gasteiger partial charge in [-0.2, -0.15) is 0 Å². The van der Waals surface area contributed by atoms with Crippen LogP contribution in [0.15, 0.2) is 48.7 Å². The zero-order valence-electron chi connectivity index (χ0n) is 23.2. The molecule has 11 nitrogen and oxygen atoms in total. The van der Waals surface area contributed by atoms with E-state index in [2.05, 4.69) is 42.7 Å². The Morgan fingerprint density at radius 2 is 1.88 bits per heavy atom. The van der Waals surface area contributed by atoms with Crippen LogP contribution in [0.25, 0.3) is 16.8 Å². The maximum absolute atomic E-state index is 14.7. The lowest BCUT2D eigenvalue weighted by atomic mass is 10.0. The van der Waals surface area contributed by atoms with Gasteiger partial charge >= 0.3 is 6.09 Å². The van der Waals surface area contributed by atoms with Gasteiger partial charge in [0.2, 0.25) is 5.91 Å². The minimum Gasteiger partial charge on any atom is -0.465 e. The molecule has 1 aromatic carbocycles. The monoisotopic (exact) mass is 594 g/mol. The fraction of sp³-hybridized carbons (Fsp3) is 0.345. The van der Waals surface area contributed by atoms with Gasteiger partial charge in [0.25, 0.3) is 0 Å². The second-order valence-corrected chi connectivity index (χ2v) is 10.8. The molecule has 2 aliphatic rings. The van der Waals surface area contributed by atoms with Crippen molar-refractivity contribution in [2.45, 2.75) is 12.8 Å². The summed E-state index contributed by atoms with van der Waals surface area (Å²) in [7, 11) is 2.09. The summed E-state index contributed by atoms with van der Waals surface area (Å²) in [4.78, 5) is 34.4. The summed E-state index contributed by atoms with van der Waals surface area (Å²) in [6.45, 7) is 5.03. The fourth-order valence-electron chi connectivity index (χ4n) is 4.90. The Morgan fingerprint density at radius 3 is 2.67 bits per heavy atom. The molecule has 0 aliphatic carbocycles. The van der Waals surface area contributed by atoms with Crippen molar-refractivity contribution >= 4 is 46.4 Å². The number of likely N-dealkylation sites (N-methyl/N-ethyl adjacent to an activating group) is 1. The van der Waals surface area contributed by atoms with E-state index in [0.29, 0.717) is 59.4 Å². The molecule has 2 aliphatic heterocycles. The smallest absolute Gasteiger partial charge is 0.407 e. The lowest BCUT2D eigenvalue weighted by Crippen LogP contribution is -2.45. The van der Waals surface area contributed by atoms with Gasteiger partial charge in [-0.3, -0.25) is 4.79 Å². The average Bonchev–Trinajstić information content (AvgIpc) is 2.98. The number of anilines is 3. The molecule has 2 amide bonds. The van der Waals surface area contributed by atoms with Gasteiger partial charge in [0.1, 0.15) is 17.3 Å². The van der Waals surface area contributed by atoms with Gasteiger partial charge in [0.15, 0.2) is 0 Å². The Kier molecular flexibility index (Phi) is 9.25. The third-order valence-corrected chi connectivity index (χ3v) is 7.52. The predicted octanol–water partition coefficient (Wildman–Crippen LogP) is 4.42. The number of piperazine rings is 1. The lowest BCUT2D eigenvalue weighted by Gasteiger charge is -2.32. The Hall–Kier alpha value is -4.13. The number of carbonyl (C=O) groups excluding carboxylic acids is 1. The summed E-state index contributed by atoms with van der Waals surface area (Å²) in [5.74, 6) is -0.265. The van der Waals surface area contributed by atoms with E-state index in [9.17, 15) is 19.1 Å². The quantitative estimate of drug-likeness (QED) is 0.347. The number of rotatable bonds is 8. The van der Waals surface area contributed by atoms with Crippen LogP contribution in [0.1, 0.15) is 18.5 Å². The van der Waals surface area contributed by atoms with Gasteiger partial charge in [-0.05, 0) is 49.4 Å². The fourth-order valence-corrected chi connectivity index (χ4v) is 5.07. The van der Waals surface area contributed by atoms with Crippen LogP contribution in [-0.4, -0.2) is 99.8 Å². The highest BCUT2D eigenvalue weighted by atomic mass is 35.5. The summed E-state index contributed by atoms with van der Waals surface area (Å²) in [6.07, 6.45) is 3.34. The number of halogens is 2. The first-order valence-electron chi connectivity index (χ1n) is 13.7. The van der Waals surface area contributed by atoms with Crippen LogP contribution in [0.5, 0.6) is 0 Å². The van der Waals surface area contributed by atoms with E-state index in [4.69, 9.17) is 11.6 Å². The van der Waals surface area contributed by atoms with Crippen molar-refractivity contribution in [1.29, 1.82) is 0 Å². The van der Waals surface area contributed by atoms with Gasteiger partial charge < -0.3 is 30.4 Å². The van der Waals surface area contributed by atoms with Gasteiger partial charge in [0, 0.05) is 74.2 Å². The standard InChI is InChI=1S/C29H32ClFN8O3/c1-37-11-13-38(14-12-37)10-7-27(40)34-26-16-21(6-8-32-26)33-25-17-24(22-15-20(30)4-5-23(22)31)35-36-28(25)19-3-2-9-39(18-19)29(41)42/h3-6,8,15-17H,2,7,9-14,18H2,1H3,(H,41,42)(H2,32,33,34,35,40). The molecule has 2 aromatic heterocycles. The molecule has 5 rings (SSSR count). The Labute approximate surface area is 248 Å². The van der Waals surface area contributed by atoms with Crippen LogP contribution in [0.2, 0.25) is 5.02 Å². The first kappa shape index (κ1) is 29.4. The summed E-state index contributed by atoms with van der Waals surface area (Å²) in [5, 5.41) is 24.7. The van der Waals surface area contributed by atoms with Crippen LogP contribution in [-0.2, 0) is 4.79 Å². The minimum absolute atomic E-state index is 0.133. The van der Waals surface area contributed by atoms with Gasteiger partial charge in [-0.15, -0.1) is 10.2 Å². The van der Waals surface area contributed by atoms with Gasteiger partial charge in [-0.25, -0.2) is 14.2 Å². The van der Waals surface area contributed by atoms with E-state index in [1.54, 1.807) is 24.4 Å². The average molecular weight is 595 g/mol. The zero-order chi connectivity index (χ0) is 29.6. The van der Waals surface area contributed by atoms with Crippen LogP contribution in [0, 0.1) is 5.82 Å². The minimum atomic E-state index is -1.03. The molecule has 220 valence electrons. The highest BCUT2D eigenvalue weighted by molar-refractivity contribution is 6.30. The highest BCUT2D eigenvalue weighted by Crippen LogP contribution is 2.32. The third-order valence-electron chi connectivity index (χ3n) is 7.28. The Bertz CT molecular complexity index is 1500. The molecule has 0 unspecified atom stereocenters. The summed E-state index contributed by atoms with van der Waals surface area (Å²) in [5.41, 5.74) is 2.61. The van der Waals surface area contributed by atoms with Gasteiger partial charge in [-0.1, -0.05) is 17.7 Å². The molecule has 42 heavy (non-hydrogen) atoms.